The number of hydrogen-bond acceptors (Lipinski definition) is 1. The highest BCUT2D eigenvalue weighted by Gasteiger charge is 1.99. The molecule has 0 aliphatic rings. The Bertz CT molecular complexity index is 241. The number of nitrogens with zero attached hydrogens (tertiary/aromatic N) is 1. The third kappa shape index (κ3) is 1.88. The van der Waals surface area contributed by atoms with Gasteiger partial charge in [0.25, 0.3) is 0 Å². The summed E-state index contributed by atoms with van der Waals surface area (Å²) in [7, 11) is 0. The Morgan fingerprint density at radius 2 is 2.40 bits per heavy atom. The van der Waals surface area contributed by atoms with E-state index in [1.54, 1.807) is 0 Å². The van der Waals surface area contributed by atoms with E-state index in [2.05, 4.69) is 43.5 Å². The molecule has 0 aromatic carbocycles. The highest BCUT2D eigenvalue weighted by molar-refractivity contribution is 14.1. The van der Waals surface area contributed by atoms with Gasteiger partial charge in [0.15, 0.2) is 0 Å². The van der Waals surface area contributed by atoms with E-state index < -0.39 is 5.95 Å². The fourth-order valence-electron chi connectivity index (χ4n) is 0.554. The van der Waals surface area contributed by atoms with Gasteiger partial charge in [0.05, 0.1) is 0 Å². The first-order chi connectivity index (χ1) is 4.74. The van der Waals surface area contributed by atoms with Crippen LogP contribution in [-0.2, 0) is 5.33 Å². The molecule has 0 unspecified atom stereocenters. The van der Waals surface area contributed by atoms with Gasteiger partial charge in [-0.1, -0.05) is 15.9 Å². The first-order valence-electron chi connectivity index (χ1n) is 2.60. The van der Waals surface area contributed by atoms with Gasteiger partial charge in [-0.25, -0.2) is 4.98 Å². The average molecular weight is 316 g/mol. The topological polar surface area (TPSA) is 12.9 Å². The van der Waals surface area contributed by atoms with Crippen molar-refractivity contribution in [3.8, 4) is 0 Å². The Labute approximate surface area is 80.3 Å². The number of hydrogen-bond donors (Lipinski definition) is 0. The van der Waals surface area contributed by atoms with Gasteiger partial charge >= 0.3 is 0 Å². The van der Waals surface area contributed by atoms with Gasteiger partial charge < -0.3 is 0 Å². The average Bonchev–Trinajstić information content (AvgIpc) is 1.94. The van der Waals surface area contributed by atoms with Crippen LogP contribution in [0.1, 0.15) is 5.56 Å². The highest BCUT2D eigenvalue weighted by Crippen LogP contribution is 2.14. The summed E-state index contributed by atoms with van der Waals surface area (Å²) in [6.07, 6.45) is 1.52. The van der Waals surface area contributed by atoms with E-state index in [4.69, 9.17) is 0 Å². The molecule has 0 aliphatic carbocycles. The molecular formula is C6H4BrFIN. The van der Waals surface area contributed by atoms with Gasteiger partial charge in [-0.05, 0) is 34.2 Å². The number of alkyl halides is 1. The number of halogens is 3. The number of rotatable bonds is 1. The van der Waals surface area contributed by atoms with Crippen molar-refractivity contribution in [1.82, 2.24) is 4.98 Å². The van der Waals surface area contributed by atoms with Crippen molar-refractivity contribution in [2.45, 2.75) is 5.33 Å². The Morgan fingerprint density at radius 3 is 2.90 bits per heavy atom. The molecule has 1 aromatic heterocycles. The highest BCUT2D eigenvalue weighted by atomic mass is 127. The summed E-state index contributed by atoms with van der Waals surface area (Å²) in [5, 5.41) is 0.671. The summed E-state index contributed by atoms with van der Waals surface area (Å²) in [5.41, 5.74) is 0.938. The molecule has 0 amide bonds. The second kappa shape index (κ2) is 3.61. The van der Waals surface area contributed by atoms with Crippen LogP contribution in [0.15, 0.2) is 12.3 Å². The summed E-state index contributed by atoms with van der Waals surface area (Å²) in [6, 6.07) is 1.43. The molecule has 10 heavy (non-hydrogen) atoms. The zero-order valence-electron chi connectivity index (χ0n) is 4.94. The zero-order chi connectivity index (χ0) is 7.56. The van der Waals surface area contributed by atoms with Crippen molar-refractivity contribution < 1.29 is 4.39 Å². The van der Waals surface area contributed by atoms with Crippen LogP contribution in [0.3, 0.4) is 0 Å². The molecule has 1 rings (SSSR count). The maximum absolute atomic E-state index is 12.4. The molecule has 0 atom stereocenters. The Morgan fingerprint density at radius 1 is 1.70 bits per heavy atom. The maximum atomic E-state index is 12.4. The lowest BCUT2D eigenvalue weighted by Crippen LogP contribution is -1.89. The van der Waals surface area contributed by atoms with Crippen LogP contribution in [0, 0.1) is 9.52 Å². The second-order valence-electron chi connectivity index (χ2n) is 1.73. The molecule has 4 heteroatoms. The van der Waals surface area contributed by atoms with Crippen LogP contribution < -0.4 is 0 Å². The van der Waals surface area contributed by atoms with E-state index in [1.807, 2.05) is 0 Å². The lowest BCUT2D eigenvalue weighted by molar-refractivity contribution is 0.581. The smallest absolute Gasteiger partial charge is 0.213 e. The van der Waals surface area contributed by atoms with Crippen molar-refractivity contribution in [2.75, 3.05) is 0 Å². The van der Waals surface area contributed by atoms with Gasteiger partial charge in [-0.2, -0.15) is 4.39 Å². The summed E-state index contributed by atoms with van der Waals surface area (Å²) >= 11 is 5.36. The lowest BCUT2D eigenvalue weighted by atomic mass is 10.3. The monoisotopic (exact) mass is 315 g/mol. The van der Waals surface area contributed by atoms with Crippen LogP contribution in [0.4, 0.5) is 4.39 Å². The SMILES string of the molecule is Fc1cc(CBr)c(I)cn1. The third-order valence-corrected chi connectivity index (χ3v) is 2.62. The lowest BCUT2D eigenvalue weighted by Gasteiger charge is -1.97. The Balaban J connectivity index is 3.09. The molecule has 0 saturated carbocycles. The van der Waals surface area contributed by atoms with Crippen molar-refractivity contribution in [2.24, 2.45) is 0 Å². The predicted octanol–water partition coefficient (Wildman–Crippen LogP) is 2.72. The van der Waals surface area contributed by atoms with Crippen molar-refractivity contribution in [1.29, 1.82) is 0 Å². The molecule has 1 nitrogen and oxygen atoms in total. The van der Waals surface area contributed by atoms with Crippen LogP contribution in [0.2, 0.25) is 0 Å². The maximum Gasteiger partial charge on any atom is 0.213 e. The van der Waals surface area contributed by atoms with Gasteiger partial charge in [-0.3, -0.25) is 0 Å². The zero-order valence-corrected chi connectivity index (χ0v) is 8.69. The molecule has 54 valence electrons. The molecule has 0 aliphatic heterocycles. The van der Waals surface area contributed by atoms with E-state index in [0.717, 1.165) is 9.13 Å². The van der Waals surface area contributed by atoms with E-state index >= 15 is 0 Å². The largest absolute Gasteiger partial charge is 0.227 e. The summed E-state index contributed by atoms with van der Waals surface area (Å²) in [6.45, 7) is 0. The first kappa shape index (κ1) is 8.39. The standard InChI is InChI=1S/C6H4BrFIN/c7-2-4-1-6(8)10-3-5(4)9/h1,3H,2H2. The quantitative estimate of drug-likeness (QED) is 0.441. The molecular weight excluding hydrogens is 312 g/mol. The fourth-order valence-corrected chi connectivity index (χ4v) is 2.03. The van der Waals surface area contributed by atoms with Crippen LogP contribution in [0.5, 0.6) is 0 Å². The van der Waals surface area contributed by atoms with E-state index in [-0.39, 0.29) is 0 Å². The van der Waals surface area contributed by atoms with Crippen LogP contribution in [-0.4, -0.2) is 4.98 Å². The van der Waals surface area contributed by atoms with Gasteiger partial charge in [0.1, 0.15) is 0 Å². The van der Waals surface area contributed by atoms with Crippen LogP contribution in [0.25, 0.3) is 0 Å². The van der Waals surface area contributed by atoms with E-state index in [1.165, 1.54) is 12.3 Å². The van der Waals surface area contributed by atoms with Crippen molar-refractivity contribution >= 4 is 38.5 Å². The molecule has 0 radical (unpaired) electrons. The first-order valence-corrected chi connectivity index (χ1v) is 4.80. The molecule has 0 saturated heterocycles. The Hall–Kier alpha value is 0.290. The van der Waals surface area contributed by atoms with Gasteiger partial charge in [0.2, 0.25) is 5.95 Å². The minimum absolute atomic E-state index is 0.421. The summed E-state index contributed by atoms with van der Waals surface area (Å²) in [5.74, 6) is -0.421. The fraction of sp³-hybridized carbons (Fsp3) is 0.167. The van der Waals surface area contributed by atoms with Gasteiger partial charge in [-0.15, -0.1) is 0 Å². The van der Waals surface area contributed by atoms with E-state index in [0.29, 0.717) is 5.33 Å². The molecule has 1 heterocycles. The number of pyridine rings is 1. The molecule has 0 fully saturated rings. The van der Waals surface area contributed by atoms with Crippen molar-refractivity contribution in [3.05, 3.63) is 27.3 Å². The third-order valence-electron chi connectivity index (χ3n) is 1.05. The molecule has 0 spiro atoms. The van der Waals surface area contributed by atoms with Crippen LogP contribution >= 0.6 is 38.5 Å². The summed E-state index contributed by atoms with van der Waals surface area (Å²) < 4.78 is 13.4. The van der Waals surface area contributed by atoms with Gasteiger partial charge in [0, 0.05) is 15.1 Å². The molecule has 0 N–H and O–H groups in total. The minimum atomic E-state index is -0.421. The normalized spacial score (nSPS) is 9.90. The van der Waals surface area contributed by atoms with E-state index in [9.17, 15) is 4.39 Å². The van der Waals surface area contributed by atoms with Crippen molar-refractivity contribution in [3.63, 3.8) is 0 Å². The Kier molecular flexibility index (Phi) is 3.03. The second-order valence-corrected chi connectivity index (χ2v) is 3.45. The summed E-state index contributed by atoms with van der Waals surface area (Å²) in [4.78, 5) is 3.49. The molecule has 1 aromatic rings. The predicted molar refractivity (Wildman–Crippen MR) is 49.5 cm³/mol. The number of aromatic nitrogens is 1. The minimum Gasteiger partial charge on any atom is -0.227 e. The molecule has 0 bridgehead atoms.